The molecule has 2 unspecified atom stereocenters. The summed E-state index contributed by atoms with van der Waals surface area (Å²) < 4.78 is 30.7. The summed E-state index contributed by atoms with van der Waals surface area (Å²) in [5.41, 5.74) is 1.31. The molecule has 0 radical (unpaired) electrons. The Labute approximate surface area is 160 Å². The van der Waals surface area contributed by atoms with Crippen molar-refractivity contribution in [1.82, 2.24) is 0 Å². The van der Waals surface area contributed by atoms with Crippen molar-refractivity contribution in [2.45, 2.75) is 26.1 Å². The minimum absolute atomic E-state index is 0.0286. The molecule has 0 amide bonds. The van der Waals surface area contributed by atoms with Gasteiger partial charge in [-0.1, -0.05) is 37.9 Å². The van der Waals surface area contributed by atoms with Gasteiger partial charge in [-0.2, -0.15) is 0 Å². The number of hydrogen-bond acceptors (Lipinski definition) is 4. The van der Waals surface area contributed by atoms with Gasteiger partial charge in [-0.3, -0.25) is 0 Å². The van der Waals surface area contributed by atoms with E-state index in [2.05, 4.69) is 31.9 Å². The molecule has 0 spiro atoms. The minimum Gasteiger partial charge on any atom is -0.507 e. The van der Waals surface area contributed by atoms with Crippen molar-refractivity contribution >= 4 is 42.8 Å². The maximum absolute atomic E-state index is 11.0. The predicted molar refractivity (Wildman–Crippen MR) is 99.2 cm³/mol. The molecular formula is C18H16Br2O4. The molecule has 6 heteroatoms. The molecule has 0 saturated carbocycles. The highest BCUT2D eigenvalue weighted by molar-refractivity contribution is 9.11. The number of hydrogen-bond donors (Lipinski definition) is 3. The zero-order valence-electron chi connectivity index (χ0n) is 15.8. The topological polar surface area (TPSA) is 73.8 Å². The first-order chi connectivity index (χ1) is 12.6. The second kappa shape index (κ2) is 6.52. The molecule has 3 rings (SSSR count). The number of aliphatic hydroxyl groups is 2. The highest BCUT2D eigenvalue weighted by Gasteiger charge is 2.27. The first-order valence-electron chi connectivity index (χ1n) is 8.62. The molecule has 0 aliphatic rings. The van der Waals surface area contributed by atoms with Crippen LogP contribution in [0.5, 0.6) is 5.75 Å². The van der Waals surface area contributed by atoms with Gasteiger partial charge in [0.2, 0.25) is 0 Å². The van der Waals surface area contributed by atoms with E-state index < -0.39 is 30.0 Å². The second-order valence-electron chi connectivity index (χ2n) is 5.50. The van der Waals surface area contributed by atoms with Gasteiger partial charge in [-0.05, 0) is 49.2 Å². The molecule has 3 aromatic rings. The Kier molecular flexibility index (Phi) is 3.77. The zero-order chi connectivity index (χ0) is 20.2. The number of aliphatic hydroxyl groups excluding tert-OH is 2. The van der Waals surface area contributed by atoms with E-state index in [0.29, 0.717) is 5.56 Å². The van der Waals surface area contributed by atoms with Crippen molar-refractivity contribution in [2.75, 3.05) is 0 Å². The van der Waals surface area contributed by atoms with Crippen molar-refractivity contribution < 1.29 is 23.8 Å². The number of benzene rings is 2. The number of halogens is 2. The Bertz CT molecular complexity index is 1040. The number of fused-ring (bicyclic) bond motifs is 1. The van der Waals surface area contributed by atoms with E-state index in [1.807, 2.05) is 6.92 Å². The summed E-state index contributed by atoms with van der Waals surface area (Å²) >= 11 is 6.85. The van der Waals surface area contributed by atoms with Gasteiger partial charge in [-0.15, -0.1) is 0 Å². The predicted octanol–water partition coefficient (Wildman–Crippen LogP) is 5.11. The Morgan fingerprint density at radius 3 is 2.38 bits per heavy atom. The van der Waals surface area contributed by atoms with E-state index >= 15 is 0 Å². The standard InChI is InChI=1S/C18H16Br2O4/c1-8-11(19)6-10(7-12(8)20)17(23)16-15-13(22)4-3-5-14(15)24-18(16)9(2)21/h3-7,9,17,21-23H,1-2H3/i3D,4D,5D. The van der Waals surface area contributed by atoms with Crippen molar-refractivity contribution in [3.8, 4) is 5.75 Å². The van der Waals surface area contributed by atoms with Crippen LogP contribution in [0.3, 0.4) is 0 Å². The molecule has 2 aromatic carbocycles. The third kappa shape index (κ3) is 2.88. The van der Waals surface area contributed by atoms with Gasteiger partial charge in [0.05, 0.1) is 9.50 Å². The van der Waals surface area contributed by atoms with Gasteiger partial charge in [-0.25, -0.2) is 0 Å². The Balaban J connectivity index is 2.38. The van der Waals surface area contributed by atoms with E-state index in [9.17, 15) is 15.3 Å². The molecule has 0 fully saturated rings. The van der Waals surface area contributed by atoms with Crippen molar-refractivity contribution in [3.63, 3.8) is 0 Å². The molecule has 0 saturated heterocycles. The third-order valence-corrected chi connectivity index (χ3v) is 5.49. The Morgan fingerprint density at radius 2 is 1.79 bits per heavy atom. The van der Waals surface area contributed by atoms with Crippen LogP contribution in [0.15, 0.2) is 43.6 Å². The molecule has 0 bridgehead atoms. The second-order valence-corrected chi connectivity index (χ2v) is 7.20. The number of furan rings is 1. The lowest BCUT2D eigenvalue weighted by Crippen LogP contribution is -2.05. The van der Waals surface area contributed by atoms with E-state index in [1.165, 1.54) is 6.92 Å². The summed E-state index contributed by atoms with van der Waals surface area (Å²) in [6.45, 7) is 3.32. The van der Waals surface area contributed by atoms with Gasteiger partial charge < -0.3 is 19.7 Å². The fourth-order valence-corrected chi connectivity index (χ4v) is 3.79. The average molecular weight is 459 g/mol. The largest absolute Gasteiger partial charge is 0.507 e. The van der Waals surface area contributed by atoms with Crippen molar-refractivity contribution in [3.05, 3.63) is 61.7 Å². The molecule has 0 aliphatic heterocycles. The summed E-state index contributed by atoms with van der Waals surface area (Å²) in [4.78, 5) is 0. The monoisotopic (exact) mass is 457 g/mol. The first kappa shape index (κ1) is 13.9. The Hall–Kier alpha value is -1.34. The van der Waals surface area contributed by atoms with Gasteiger partial charge in [0, 0.05) is 14.5 Å². The normalized spacial score (nSPS) is 15.8. The smallest absolute Gasteiger partial charge is 0.139 e. The van der Waals surface area contributed by atoms with Crippen LogP contribution in [0.1, 0.15) is 45.7 Å². The zero-order valence-corrected chi connectivity index (χ0v) is 16.0. The maximum Gasteiger partial charge on any atom is 0.139 e. The van der Waals surface area contributed by atoms with Crippen molar-refractivity contribution in [2.24, 2.45) is 0 Å². The van der Waals surface area contributed by atoms with Crippen LogP contribution < -0.4 is 0 Å². The average Bonchev–Trinajstić information content (AvgIpc) is 3.02. The minimum atomic E-state index is -1.30. The molecule has 24 heavy (non-hydrogen) atoms. The quantitative estimate of drug-likeness (QED) is 0.510. The van der Waals surface area contributed by atoms with Crippen LogP contribution in [0.2, 0.25) is 0 Å². The molecule has 126 valence electrons. The lowest BCUT2D eigenvalue weighted by atomic mass is 9.96. The number of rotatable bonds is 3. The van der Waals surface area contributed by atoms with Crippen LogP contribution in [-0.4, -0.2) is 15.3 Å². The number of phenols is 1. The molecule has 1 heterocycles. The lowest BCUT2D eigenvalue weighted by Gasteiger charge is -2.15. The highest BCUT2D eigenvalue weighted by atomic mass is 79.9. The summed E-state index contributed by atoms with van der Waals surface area (Å²) in [6, 6.07) is 1.99. The van der Waals surface area contributed by atoms with Gasteiger partial charge >= 0.3 is 0 Å². The number of phenolic OH excluding ortho intramolecular Hbond substituents is 1. The van der Waals surface area contributed by atoms with E-state index in [0.717, 1.165) is 14.5 Å². The molecule has 2 atom stereocenters. The van der Waals surface area contributed by atoms with Gasteiger partial charge in [0.1, 0.15) is 29.3 Å². The van der Waals surface area contributed by atoms with Crippen molar-refractivity contribution in [1.29, 1.82) is 0 Å². The van der Waals surface area contributed by atoms with Crippen LogP contribution in [-0.2, 0) is 0 Å². The van der Waals surface area contributed by atoms with E-state index in [4.69, 9.17) is 8.53 Å². The Morgan fingerprint density at radius 1 is 1.17 bits per heavy atom. The van der Waals surface area contributed by atoms with Crippen LogP contribution in [0.4, 0.5) is 0 Å². The SMILES string of the molecule is [2H]c1c([2H])c(O)c2c(C(O)c3cc(Br)c(C)c(Br)c3)c(C(C)O)oc2c1[2H]. The molecule has 3 N–H and O–H groups in total. The fraction of sp³-hybridized carbons (Fsp3) is 0.222. The van der Waals surface area contributed by atoms with Crippen LogP contribution >= 0.6 is 31.9 Å². The summed E-state index contributed by atoms with van der Waals surface area (Å²) in [7, 11) is 0. The molecule has 1 aromatic heterocycles. The summed E-state index contributed by atoms with van der Waals surface area (Å²) in [5, 5.41) is 31.5. The molecular weight excluding hydrogens is 440 g/mol. The van der Waals surface area contributed by atoms with E-state index in [1.54, 1.807) is 12.1 Å². The third-order valence-electron chi connectivity index (χ3n) is 3.84. The maximum atomic E-state index is 11.0. The lowest BCUT2D eigenvalue weighted by molar-refractivity contribution is 0.159. The summed E-state index contributed by atoms with van der Waals surface area (Å²) in [6.07, 6.45) is -2.44. The van der Waals surface area contributed by atoms with Gasteiger partial charge in [0.15, 0.2) is 0 Å². The fourth-order valence-electron chi connectivity index (χ4n) is 2.57. The number of aromatic hydroxyl groups is 1. The van der Waals surface area contributed by atoms with Crippen LogP contribution in [0, 0.1) is 6.92 Å². The highest BCUT2D eigenvalue weighted by Crippen LogP contribution is 2.42. The van der Waals surface area contributed by atoms with Gasteiger partial charge in [0.25, 0.3) is 0 Å². The first-order valence-corrected chi connectivity index (χ1v) is 8.71. The molecule has 4 nitrogen and oxygen atoms in total. The van der Waals surface area contributed by atoms with Crippen LogP contribution in [0.25, 0.3) is 11.0 Å². The van der Waals surface area contributed by atoms with E-state index in [-0.39, 0.29) is 28.3 Å². The summed E-state index contributed by atoms with van der Waals surface area (Å²) in [5.74, 6) is -0.597. The molecule has 0 aliphatic carbocycles.